The number of hydrogen-bond donors (Lipinski definition) is 1. The standard InChI is InChI=1S/C24H21BrN4O3S/c1-31-17-12-13-20(21(14-17)32-2)26-22(30)15-33-24-28-27-23(18-10-6-7-11-19(18)25)29(24)16-8-4-3-5-9-16/h3-14H,15H2,1-2H3,(H,26,30). The van der Waals surface area contributed by atoms with Gasteiger partial charge >= 0.3 is 0 Å². The third-order valence-corrected chi connectivity index (χ3v) is 6.40. The molecule has 0 saturated heterocycles. The first-order chi connectivity index (χ1) is 16.1. The molecule has 168 valence electrons. The van der Waals surface area contributed by atoms with Gasteiger partial charge < -0.3 is 14.8 Å². The van der Waals surface area contributed by atoms with Gasteiger partial charge in [0.05, 0.1) is 25.7 Å². The minimum Gasteiger partial charge on any atom is -0.497 e. The molecule has 0 aliphatic rings. The van der Waals surface area contributed by atoms with E-state index in [1.807, 2.05) is 59.2 Å². The van der Waals surface area contributed by atoms with Gasteiger partial charge in [-0.25, -0.2) is 0 Å². The molecular formula is C24H21BrN4O3S. The first-order valence-electron chi connectivity index (χ1n) is 10.0. The Kier molecular flexibility index (Phi) is 7.31. The van der Waals surface area contributed by atoms with Crippen LogP contribution in [0.1, 0.15) is 0 Å². The van der Waals surface area contributed by atoms with Gasteiger partial charge in [0.2, 0.25) is 5.91 Å². The fourth-order valence-electron chi connectivity index (χ4n) is 3.21. The fraction of sp³-hybridized carbons (Fsp3) is 0.125. The lowest BCUT2D eigenvalue weighted by molar-refractivity contribution is -0.113. The molecule has 9 heteroatoms. The number of hydrogen-bond acceptors (Lipinski definition) is 6. The minimum absolute atomic E-state index is 0.149. The number of halogens is 1. The summed E-state index contributed by atoms with van der Waals surface area (Å²) < 4.78 is 13.4. The number of thioether (sulfide) groups is 1. The van der Waals surface area contributed by atoms with E-state index < -0.39 is 0 Å². The predicted molar refractivity (Wildman–Crippen MR) is 133 cm³/mol. The van der Waals surface area contributed by atoms with Gasteiger partial charge in [0.15, 0.2) is 11.0 Å². The van der Waals surface area contributed by atoms with Gasteiger partial charge in [-0.05, 0) is 30.3 Å². The smallest absolute Gasteiger partial charge is 0.234 e. The Hall–Kier alpha value is -3.30. The summed E-state index contributed by atoms with van der Waals surface area (Å²) in [5.74, 6) is 1.82. The monoisotopic (exact) mass is 524 g/mol. The zero-order chi connectivity index (χ0) is 23.2. The van der Waals surface area contributed by atoms with Crippen molar-refractivity contribution in [2.24, 2.45) is 0 Å². The summed E-state index contributed by atoms with van der Waals surface area (Å²) in [6.07, 6.45) is 0. The summed E-state index contributed by atoms with van der Waals surface area (Å²) in [5.41, 5.74) is 2.39. The Balaban J connectivity index is 1.58. The number of nitrogens with zero attached hydrogens (tertiary/aromatic N) is 3. The fourth-order valence-corrected chi connectivity index (χ4v) is 4.42. The highest BCUT2D eigenvalue weighted by atomic mass is 79.9. The Morgan fingerprint density at radius 3 is 2.48 bits per heavy atom. The van der Waals surface area contributed by atoms with Crippen molar-refractivity contribution in [2.75, 3.05) is 25.3 Å². The van der Waals surface area contributed by atoms with E-state index in [0.29, 0.717) is 28.2 Å². The molecule has 4 aromatic rings. The lowest BCUT2D eigenvalue weighted by Crippen LogP contribution is -2.15. The molecule has 0 spiro atoms. The SMILES string of the molecule is COc1ccc(NC(=O)CSc2nnc(-c3ccccc3Br)n2-c2ccccc2)c(OC)c1. The number of carbonyl (C=O) groups is 1. The average molecular weight is 525 g/mol. The van der Waals surface area contributed by atoms with Gasteiger partial charge in [0.25, 0.3) is 0 Å². The maximum absolute atomic E-state index is 12.7. The molecule has 0 radical (unpaired) electrons. The van der Waals surface area contributed by atoms with Crippen molar-refractivity contribution in [2.45, 2.75) is 5.16 Å². The van der Waals surface area contributed by atoms with Crippen LogP contribution in [-0.2, 0) is 4.79 Å². The molecule has 0 fully saturated rings. The van der Waals surface area contributed by atoms with Crippen molar-refractivity contribution in [3.63, 3.8) is 0 Å². The number of aromatic nitrogens is 3. The normalized spacial score (nSPS) is 10.6. The zero-order valence-corrected chi connectivity index (χ0v) is 20.4. The molecule has 1 amide bonds. The number of methoxy groups -OCH3 is 2. The van der Waals surface area contributed by atoms with Crippen LogP contribution in [0, 0.1) is 0 Å². The lowest BCUT2D eigenvalue weighted by atomic mass is 10.2. The third-order valence-electron chi connectivity index (χ3n) is 4.78. The van der Waals surface area contributed by atoms with Gasteiger partial charge in [-0.2, -0.15) is 0 Å². The summed E-state index contributed by atoms with van der Waals surface area (Å²) in [7, 11) is 3.12. The van der Waals surface area contributed by atoms with E-state index in [9.17, 15) is 4.79 Å². The van der Waals surface area contributed by atoms with Crippen LogP contribution in [0.5, 0.6) is 11.5 Å². The van der Waals surface area contributed by atoms with Crippen LogP contribution in [0.15, 0.2) is 82.4 Å². The van der Waals surface area contributed by atoms with Gasteiger partial charge in [-0.15, -0.1) is 10.2 Å². The van der Waals surface area contributed by atoms with E-state index in [0.717, 1.165) is 15.7 Å². The molecule has 0 bridgehead atoms. The first kappa shape index (κ1) is 22.9. The molecule has 1 aromatic heterocycles. The van der Waals surface area contributed by atoms with Crippen molar-refractivity contribution in [3.8, 4) is 28.6 Å². The van der Waals surface area contributed by atoms with Crippen molar-refractivity contribution in [3.05, 3.63) is 77.3 Å². The van der Waals surface area contributed by atoms with Crippen LogP contribution in [0.25, 0.3) is 17.1 Å². The minimum atomic E-state index is -0.187. The zero-order valence-electron chi connectivity index (χ0n) is 18.0. The topological polar surface area (TPSA) is 78.3 Å². The van der Waals surface area contributed by atoms with E-state index in [1.165, 1.54) is 11.8 Å². The van der Waals surface area contributed by atoms with Crippen LogP contribution in [0.4, 0.5) is 5.69 Å². The van der Waals surface area contributed by atoms with Crippen molar-refractivity contribution >= 4 is 39.3 Å². The second-order valence-corrected chi connectivity index (χ2v) is 8.66. The molecule has 7 nitrogen and oxygen atoms in total. The summed E-state index contributed by atoms with van der Waals surface area (Å²) in [4.78, 5) is 12.7. The molecule has 33 heavy (non-hydrogen) atoms. The Bertz CT molecular complexity index is 1260. The first-order valence-corrected chi connectivity index (χ1v) is 11.8. The molecule has 0 aliphatic heterocycles. The van der Waals surface area contributed by atoms with Crippen LogP contribution in [0.3, 0.4) is 0 Å². The molecule has 0 unspecified atom stereocenters. The van der Waals surface area contributed by atoms with E-state index in [2.05, 4.69) is 31.4 Å². The van der Waals surface area contributed by atoms with Crippen LogP contribution < -0.4 is 14.8 Å². The number of amides is 1. The van der Waals surface area contributed by atoms with Crippen molar-refractivity contribution < 1.29 is 14.3 Å². The summed E-state index contributed by atoms with van der Waals surface area (Å²) in [6, 6.07) is 22.9. The number of nitrogens with one attached hydrogen (secondary N) is 1. The van der Waals surface area contributed by atoms with Crippen molar-refractivity contribution in [1.29, 1.82) is 0 Å². The Labute approximate surface area is 204 Å². The van der Waals surface area contributed by atoms with Crippen LogP contribution in [-0.4, -0.2) is 40.6 Å². The van der Waals surface area contributed by atoms with Crippen LogP contribution >= 0.6 is 27.7 Å². The molecule has 0 atom stereocenters. The summed E-state index contributed by atoms with van der Waals surface area (Å²) in [5, 5.41) is 12.3. The number of ether oxygens (including phenoxy) is 2. The predicted octanol–water partition coefficient (Wildman–Crippen LogP) is 5.44. The van der Waals surface area contributed by atoms with Gasteiger partial charge in [-0.3, -0.25) is 9.36 Å². The number of para-hydroxylation sites is 1. The van der Waals surface area contributed by atoms with E-state index in [1.54, 1.807) is 32.4 Å². The largest absolute Gasteiger partial charge is 0.497 e. The second-order valence-electron chi connectivity index (χ2n) is 6.86. The van der Waals surface area contributed by atoms with Gasteiger partial charge in [-0.1, -0.05) is 64.1 Å². The molecule has 0 saturated carbocycles. The molecule has 1 heterocycles. The number of anilines is 1. The third kappa shape index (κ3) is 5.20. The van der Waals surface area contributed by atoms with E-state index in [-0.39, 0.29) is 11.7 Å². The number of rotatable bonds is 8. The molecule has 0 aliphatic carbocycles. The number of benzene rings is 3. The highest BCUT2D eigenvalue weighted by Crippen LogP contribution is 2.33. The second kappa shape index (κ2) is 10.5. The highest BCUT2D eigenvalue weighted by molar-refractivity contribution is 9.10. The maximum Gasteiger partial charge on any atom is 0.234 e. The molecule has 3 aromatic carbocycles. The Morgan fingerprint density at radius 1 is 1.00 bits per heavy atom. The lowest BCUT2D eigenvalue weighted by Gasteiger charge is -2.12. The highest BCUT2D eigenvalue weighted by Gasteiger charge is 2.19. The summed E-state index contributed by atoms with van der Waals surface area (Å²) >= 11 is 4.91. The molecular weight excluding hydrogens is 504 g/mol. The quantitative estimate of drug-likeness (QED) is 0.309. The molecule has 1 N–H and O–H groups in total. The average Bonchev–Trinajstić information content (AvgIpc) is 3.27. The van der Waals surface area contributed by atoms with E-state index >= 15 is 0 Å². The van der Waals surface area contributed by atoms with Gasteiger partial charge in [0.1, 0.15) is 11.5 Å². The summed E-state index contributed by atoms with van der Waals surface area (Å²) in [6.45, 7) is 0. The Morgan fingerprint density at radius 2 is 1.76 bits per heavy atom. The van der Waals surface area contributed by atoms with Gasteiger partial charge in [0, 0.05) is 21.8 Å². The number of carbonyl (C=O) groups excluding carboxylic acids is 1. The van der Waals surface area contributed by atoms with Crippen molar-refractivity contribution in [1.82, 2.24) is 14.8 Å². The molecule has 4 rings (SSSR count). The van der Waals surface area contributed by atoms with Crippen LogP contribution in [0.2, 0.25) is 0 Å². The maximum atomic E-state index is 12.7. The van der Waals surface area contributed by atoms with E-state index in [4.69, 9.17) is 9.47 Å².